The van der Waals surface area contributed by atoms with Crippen LogP contribution in [0, 0.1) is 13.8 Å². The number of aromatic nitrogens is 3. The van der Waals surface area contributed by atoms with Gasteiger partial charge in [0.15, 0.2) is 11.7 Å². The van der Waals surface area contributed by atoms with E-state index in [1.807, 2.05) is 29.9 Å². The zero-order valence-electron chi connectivity index (χ0n) is 23.2. The Balaban J connectivity index is 1.63. The lowest BCUT2D eigenvalue weighted by atomic mass is 9.94. The maximum Gasteiger partial charge on any atom is 0.214 e. The predicted molar refractivity (Wildman–Crippen MR) is 147 cm³/mol. The molecule has 6 aromatic rings. The van der Waals surface area contributed by atoms with E-state index < -0.39 is 6.85 Å². The SMILES string of the molecule is [2H]C([2H])([2H])c1nc2c[n+](C)c3cc2n1-c1cccc(c1)-c1cccc(c1)-c1cccc(c1)-c1ccc(C)c-3c1. The Morgan fingerprint density at radius 3 is 2.00 bits per heavy atom. The van der Waals surface area contributed by atoms with Crippen molar-refractivity contribution in [2.24, 2.45) is 7.05 Å². The summed E-state index contributed by atoms with van der Waals surface area (Å²) < 4.78 is 28.7. The maximum atomic E-state index is 8.30. The molecule has 0 aliphatic carbocycles. The minimum atomic E-state index is -2.38. The Hall–Kier alpha value is -4.50. The highest BCUT2D eigenvalue weighted by Crippen LogP contribution is 2.34. The fourth-order valence-electron chi connectivity index (χ4n) is 5.36. The average molecular weight is 468 g/mol. The number of hydrogen-bond donors (Lipinski definition) is 0. The van der Waals surface area contributed by atoms with Crippen LogP contribution in [-0.2, 0) is 7.05 Å². The van der Waals surface area contributed by atoms with Crippen molar-refractivity contribution in [3.8, 4) is 50.3 Å². The van der Waals surface area contributed by atoms with Crippen LogP contribution in [-0.4, -0.2) is 9.55 Å². The molecule has 0 radical (unpaired) electrons. The van der Waals surface area contributed by atoms with Gasteiger partial charge in [-0.2, -0.15) is 4.57 Å². The molecule has 1 aliphatic heterocycles. The summed E-state index contributed by atoms with van der Waals surface area (Å²) >= 11 is 0. The van der Waals surface area contributed by atoms with Crippen molar-refractivity contribution in [2.75, 3.05) is 0 Å². The topological polar surface area (TPSA) is 21.7 Å². The van der Waals surface area contributed by atoms with Crippen LogP contribution in [0.25, 0.3) is 61.4 Å². The maximum absolute atomic E-state index is 8.30. The molecule has 0 saturated carbocycles. The predicted octanol–water partition coefficient (Wildman–Crippen LogP) is 7.45. The minimum Gasteiger partial charge on any atom is -0.296 e. The summed E-state index contributed by atoms with van der Waals surface area (Å²) in [6, 6.07) is 33.8. The molecule has 0 spiro atoms. The standard InChI is InChI=1S/C33H26N3/c1-21-13-14-28-18-30(21)32-19-33-31(20-35(32)3)34-22(2)36(33)29-12-6-11-27(17-29)25-9-4-7-23(15-25)24-8-5-10-26(28)16-24/h4-20H,1-3H3/q+1/i2D3. The first kappa shape index (κ1) is 17.9. The van der Waals surface area contributed by atoms with E-state index in [2.05, 4.69) is 96.8 Å². The van der Waals surface area contributed by atoms with E-state index >= 15 is 0 Å². The lowest BCUT2D eigenvalue weighted by Gasteiger charge is -2.13. The first-order chi connectivity index (χ1) is 18.8. The molecule has 7 rings (SSSR count). The van der Waals surface area contributed by atoms with Gasteiger partial charge in [-0.1, -0.05) is 60.7 Å². The van der Waals surface area contributed by atoms with Gasteiger partial charge in [0.25, 0.3) is 0 Å². The van der Waals surface area contributed by atoms with Gasteiger partial charge >= 0.3 is 0 Å². The van der Waals surface area contributed by atoms with E-state index in [0.717, 1.165) is 61.4 Å². The Morgan fingerprint density at radius 2 is 1.33 bits per heavy atom. The first-order valence-corrected chi connectivity index (χ1v) is 12.1. The van der Waals surface area contributed by atoms with Crippen LogP contribution < -0.4 is 4.57 Å². The highest BCUT2D eigenvalue weighted by atomic mass is 15.1. The van der Waals surface area contributed by atoms with Crippen LogP contribution in [0.4, 0.5) is 0 Å². The number of imidazole rings is 1. The van der Waals surface area contributed by atoms with Crippen molar-refractivity contribution in [1.29, 1.82) is 0 Å². The highest BCUT2D eigenvalue weighted by molar-refractivity contribution is 5.84. The third-order valence-corrected chi connectivity index (χ3v) is 7.25. The van der Waals surface area contributed by atoms with Crippen LogP contribution in [0.2, 0.25) is 0 Å². The fraction of sp³-hybridized carbons (Fsp3) is 0.0909. The highest BCUT2D eigenvalue weighted by Gasteiger charge is 2.20. The van der Waals surface area contributed by atoms with Crippen molar-refractivity contribution >= 4 is 11.0 Å². The van der Waals surface area contributed by atoms with E-state index in [1.54, 1.807) is 4.57 Å². The van der Waals surface area contributed by atoms with Gasteiger partial charge in [0.1, 0.15) is 12.9 Å². The number of rotatable bonds is 0. The van der Waals surface area contributed by atoms with Gasteiger partial charge in [-0.15, -0.1) is 0 Å². The molecule has 0 saturated heterocycles. The number of pyridine rings is 1. The fourth-order valence-corrected chi connectivity index (χ4v) is 5.36. The molecule has 0 fully saturated rings. The normalized spacial score (nSPS) is 13.3. The van der Waals surface area contributed by atoms with Gasteiger partial charge in [0, 0.05) is 21.4 Å². The second kappa shape index (κ2) is 7.76. The minimum absolute atomic E-state index is 0.0575. The third-order valence-electron chi connectivity index (χ3n) is 7.25. The van der Waals surface area contributed by atoms with Gasteiger partial charge in [0.05, 0.1) is 5.52 Å². The number of nitrogens with zero attached hydrogens (tertiary/aromatic N) is 3. The zero-order chi connectivity index (χ0) is 26.9. The summed E-state index contributed by atoms with van der Waals surface area (Å²) in [4.78, 5) is 4.64. The van der Waals surface area contributed by atoms with Crippen LogP contribution in [0.3, 0.4) is 0 Å². The third kappa shape index (κ3) is 3.20. The molecule has 4 aromatic carbocycles. The van der Waals surface area contributed by atoms with Gasteiger partial charge in [-0.25, -0.2) is 4.98 Å². The van der Waals surface area contributed by atoms with Crippen LogP contribution in [0.5, 0.6) is 0 Å². The lowest BCUT2D eigenvalue weighted by Crippen LogP contribution is -2.30. The van der Waals surface area contributed by atoms with Crippen LogP contribution >= 0.6 is 0 Å². The first-order valence-electron chi connectivity index (χ1n) is 13.6. The smallest absolute Gasteiger partial charge is 0.214 e. The molecule has 3 heterocycles. The number of hydrogen-bond acceptors (Lipinski definition) is 1. The lowest BCUT2D eigenvalue weighted by molar-refractivity contribution is -0.659. The molecule has 0 atom stereocenters. The molecule has 3 nitrogen and oxygen atoms in total. The molecule has 2 aromatic heterocycles. The summed E-state index contributed by atoms with van der Waals surface area (Å²) in [5.41, 5.74) is 12.0. The van der Waals surface area contributed by atoms with Crippen molar-refractivity contribution in [2.45, 2.75) is 13.8 Å². The summed E-state index contributed by atoms with van der Waals surface area (Å²) in [6.45, 7) is -0.273. The van der Waals surface area contributed by atoms with Crippen LogP contribution in [0.1, 0.15) is 15.5 Å². The molecule has 10 bridgehead atoms. The van der Waals surface area contributed by atoms with Gasteiger partial charge in [0.2, 0.25) is 5.69 Å². The second-order valence-electron chi connectivity index (χ2n) is 9.55. The molecule has 0 amide bonds. The summed E-state index contributed by atoms with van der Waals surface area (Å²) in [7, 11) is 1.99. The van der Waals surface area contributed by atoms with Crippen molar-refractivity contribution < 1.29 is 8.68 Å². The summed E-state index contributed by atoms with van der Waals surface area (Å²) in [5.74, 6) is 0.0575. The van der Waals surface area contributed by atoms with Gasteiger partial charge < -0.3 is 0 Å². The van der Waals surface area contributed by atoms with Crippen molar-refractivity contribution in [3.05, 3.63) is 115 Å². The Morgan fingerprint density at radius 1 is 0.722 bits per heavy atom. The zero-order valence-corrected chi connectivity index (χ0v) is 20.2. The molecular weight excluding hydrogens is 438 g/mol. The van der Waals surface area contributed by atoms with Crippen molar-refractivity contribution in [3.63, 3.8) is 0 Å². The number of fused-ring (bicyclic) bond motifs is 14. The number of benzene rings is 4. The van der Waals surface area contributed by atoms with Crippen molar-refractivity contribution in [1.82, 2.24) is 9.55 Å². The monoisotopic (exact) mass is 467 g/mol. The van der Waals surface area contributed by atoms with Gasteiger partial charge in [-0.3, -0.25) is 4.57 Å². The Kier molecular flexibility index (Phi) is 3.85. The van der Waals surface area contributed by atoms with Gasteiger partial charge in [-0.05, 0) is 83.1 Å². The average Bonchev–Trinajstić information content (AvgIpc) is 3.32. The molecule has 0 N–H and O–H groups in total. The van der Waals surface area contributed by atoms with E-state index in [1.165, 1.54) is 0 Å². The Bertz CT molecular complexity index is 1930. The number of aryl methyl sites for hydroxylation is 3. The molecule has 172 valence electrons. The largest absolute Gasteiger partial charge is 0.296 e. The molecule has 3 heteroatoms. The van der Waals surface area contributed by atoms with E-state index in [0.29, 0.717) is 5.52 Å². The summed E-state index contributed by atoms with van der Waals surface area (Å²) in [5, 5.41) is 0. The molecule has 36 heavy (non-hydrogen) atoms. The van der Waals surface area contributed by atoms with E-state index in [4.69, 9.17) is 4.11 Å². The summed E-state index contributed by atoms with van der Waals surface area (Å²) in [6.07, 6.45) is 1.93. The molecule has 1 aliphatic rings. The molecule has 0 unspecified atom stereocenters. The molecular formula is C33H26N3+. The second-order valence-corrected chi connectivity index (χ2v) is 9.55. The Labute approximate surface area is 215 Å². The quantitative estimate of drug-likeness (QED) is 0.212. The van der Waals surface area contributed by atoms with E-state index in [-0.39, 0.29) is 5.82 Å². The van der Waals surface area contributed by atoms with Crippen LogP contribution in [0.15, 0.2) is 103 Å². The van der Waals surface area contributed by atoms with E-state index in [9.17, 15) is 0 Å².